The Labute approximate surface area is 179 Å². The number of ether oxygens (including phenoxy) is 2. The zero-order chi connectivity index (χ0) is 21.8. The average Bonchev–Trinajstić information content (AvgIpc) is 2.94. The summed E-state index contributed by atoms with van der Waals surface area (Å²) < 4.78 is 11.3. The second-order valence-electron chi connectivity index (χ2n) is 6.80. The summed E-state index contributed by atoms with van der Waals surface area (Å²) in [6.07, 6.45) is 1.85. The van der Waals surface area contributed by atoms with E-state index in [1.165, 1.54) is 25.2 Å². The van der Waals surface area contributed by atoms with Gasteiger partial charge in [-0.1, -0.05) is 24.9 Å². The van der Waals surface area contributed by atoms with Crippen molar-refractivity contribution >= 4 is 35.0 Å². The second kappa shape index (κ2) is 9.17. The van der Waals surface area contributed by atoms with E-state index in [4.69, 9.17) is 21.1 Å². The molecule has 0 radical (unpaired) electrons. The van der Waals surface area contributed by atoms with Crippen LogP contribution in [0.1, 0.15) is 57.8 Å². The van der Waals surface area contributed by atoms with Crippen molar-refractivity contribution in [2.24, 2.45) is 0 Å². The van der Waals surface area contributed by atoms with Crippen molar-refractivity contribution < 1.29 is 23.9 Å². The largest absolute Gasteiger partial charge is 0.490 e. The number of anilines is 1. The van der Waals surface area contributed by atoms with Crippen molar-refractivity contribution in [3.8, 4) is 11.5 Å². The van der Waals surface area contributed by atoms with E-state index in [0.29, 0.717) is 36.0 Å². The summed E-state index contributed by atoms with van der Waals surface area (Å²) in [6, 6.07) is 7.68. The molecule has 0 saturated heterocycles. The SMILES string of the molecule is CCCCOc1c(Cl)cc(C(=O)Nc2ccc3c(c2)C(=O)N(C)C3=O)cc1OCC. The summed E-state index contributed by atoms with van der Waals surface area (Å²) in [5, 5.41) is 3.01. The molecule has 8 heteroatoms. The number of nitrogens with one attached hydrogen (secondary N) is 1. The van der Waals surface area contributed by atoms with Gasteiger partial charge in [0.15, 0.2) is 11.5 Å². The minimum Gasteiger partial charge on any atom is -0.490 e. The van der Waals surface area contributed by atoms with Crippen LogP contribution in [0.2, 0.25) is 5.02 Å². The lowest BCUT2D eigenvalue weighted by atomic mass is 10.1. The highest BCUT2D eigenvalue weighted by atomic mass is 35.5. The minimum atomic E-state index is -0.428. The van der Waals surface area contributed by atoms with Crippen molar-refractivity contribution in [3.63, 3.8) is 0 Å². The molecule has 1 heterocycles. The predicted octanol–water partition coefficient (Wildman–Crippen LogP) is 4.40. The molecule has 0 unspecified atom stereocenters. The highest BCUT2D eigenvalue weighted by Gasteiger charge is 2.32. The fourth-order valence-corrected chi connectivity index (χ4v) is 3.33. The van der Waals surface area contributed by atoms with Crippen molar-refractivity contribution in [1.82, 2.24) is 4.90 Å². The van der Waals surface area contributed by atoms with Crippen LogP contribution >= 0.6 is 11.6 Å². The van der Waals surface area contributed by atoms with Crippen molar-refractivity contribution in [1.29, 1.82) is 0 Å². The van der Waals surface area contributed by atoms with Crippen molar-refractivity contribution in [3.05, 3.63) is 52.0 Å². The number of halogens is 1. The highest BCUT2D eigenvalue weighted by molar-refractivity contribution is 6.33. The normalized spacial score (nSPS) is 12.7. The summed E-state index contributed by atoms with van der Waals surface area (Å²) in [7, 11) is 1.42. The van der Waals surface area contributed by atoms with Crippen molar-refractivity contribution in [2.45, 2.75) is 26.7 Å². The first-order valence-corrected chi connectivity index (χ1v) is 10.1. The molecule has 158 valence electrons. The Morgan fingerprint density at radius 3 is 2.50 bits per heavy atom. The third-order valence-electron chi connectivity index (χ3n) is 4.66. The second-order valence-corrected chi connectivity index (χ2v) is 7.21. The fourth-order valence-electron chi connectivity index (χ4n) is 3.06. The van der Waals surface area contributed by atoms with E-state index in [9.17, 15) is 14.4 Å². The first-order chi connectivity index (χ1) is 14.4. The molecule has 3 rings (SSSR count). The van der Waals surface area contributed by atoms with Gasteiger partial charge in [-0.05, 0) is 43.7 Å². The Hall–Kier alpha value is -3.06. The number of imide groups is 1. The number of carbonyl (C=O) groups is 3. The number of benzene rings is 2. The van der Waals surface area contributed by atoms with Gasteiger partial charge in [-0.15, -0.1) is 0 Å². The number of hydrogen-bond donors (Lipinski definition) is 1. The molecule has 2 aromatic rings. The van der Waals surface area contributed by atoms with Crippen LogP contribution < -0.4 is 14.8 Å². The van der Waals surface area contributed by atoms with Gasteiger partial charge >= 0.3 is 0 Å². The van der Waals surface area contributed by atoms with Crippen LogP contribution in [0.25, 0.3) is 0 Å². The molecule has 30 heavy (non-hydrogen) atoms. The zero-order valence-corrected chi connectivity index (χ0v) is 17.8. The molecule has 0 aromatic heterocycles. The van der Waals surface area contributed by atoms with Gasteiger partial charge in [0.1, 0.15) is 0 Å². The Bertz CT molecular complexity index is 1010. The summed E-state index contributed by atoms with van der Waals surface area (Å²) in [5.74, 6) is -0.389. The highest BCUT2D eigenvalue weighted by Crippen LogP contribution is 2.37. The molecule has 3 amide bonds. The maximum atomic E-state index is 12.8. The maximum absolute atomic E-state index is 12.8. The minimum absolute atomic E-state index is 0.257. The first kappa shape index (κ1) is 21.6. The monoisotopic (exact) mass is 430 g/mol. The van der Waals surface area contributed by atoms with E-state index in [1.807, 2.05) is 6.92 Å². The molecular formula is C22H23ClN2O5. The van der Waals surface area contributed by atoms with Gasteiger partial charge in [-0.2, -0.15) is 0 Å². The van der Waals surface area contributed by atoms with Gasteiger partial charge in [0.2, 0.25) is 0 Å². The number of nitrogens with zero attached hydrogens (tertiary/aromatic N) is 1. The molecule has 2 aromatic carbocycles. The summed E-state index contributed by atoms with van der Waals surface area (Å²) in [4.78, 5) is 38.0. The third-order valence-corrected chi connectivity index (χ3v) is 4.94. The van der Waals surface area contributed by atoms with Crippen LogP contribution in [-0.2, 0) is 0 Å². The van der Waals surface area contributed by atoms with Gasteiger partial charge in [0.05, 0.1) is 29.4 Å². The van der Waals surface area contributed by atoms with Gasteiger partial charge in [0, 0.05) is 18.3 Å². The molecule has 7 nitrogen and oxygen atoms in total. The molecule has 0 aliphatic carbocycles. The van der Waals surface area contributed by atoms with E-state index >= 15 is 0 Å². The summed E-state index contributed by atoms with van der Waals surface area (Å²) in [6.45, 7) is 4.77. The molecule has 0 atom stereocenters. The lowest BCUT2D eigenvalue weighted by Crippen LogP contribution is -2.24. The van der Waals surface area contributed by atoms with Gasteiger partial charge < -0.3 is 14.8 Å². The van der Waals surface area contributed by atoms with Gasteiger partial charge in [-0.25, -0.2) is 0 Å². The third kappa shape index (κ3) is 4.26. The number of hydrogen-bond acceptors (Lipinski definition) is 5. The number of unbranched alkanes of at least 4 members (excludes halogenated alkanes) is 1. The van der Waals surface area contributed by atoms with Gasteiger partial charge in [0.25, 0.3) is 17.7 Å². The van der Waals surface area contributed by atoms with Crippen LogP contribution in [0, 0.1) is 0 Å². The molecule has 1 N–H and O–H groups in total. The van der Waals surface area contributed by atoms with Crippen LogP contribution in [-0.4, -0.2) is 42.9 Å². The molecule has 1 aliphatic rings. The molecule has 1 aliphatic heterocycles. The van der Waals surface area contributed by atoms with Crippen molar-refractivity contribution in [2.75, 3.05) is 25.6 Å². The molecule has 0 spiro atoms. The Morgan fingerprint density at radius 2 is 1.80 bits per heavy atom. The van der Waals surface area contributed by atoms with Crippen LogP contribution in [0.5, 0.6) is 11.5 Å². The van der Waals surface area contributed by atoms with E-state index in [-0.39, 0.29) is 22.1 Å². The molecular weight excluding hydrogens is 408 g/mol. The lowest BCUT2D eigenvalue weighted by molar-refractivity contribution is 0.0692. The lowest BCUT2D eigenvalue weighted by Gasteiger charge is -2.15. The Morgan fingerprint density at radius 1 is 1.07 bits per heavy atom. The van der Waals surface area contributed by atoms with Gasteiger partial charge in [-0.3, -0.25) is 19.3 Å². The molecule has 0 saturated carbocycles. The fraction of sp³-hybridized carbons (Fsp3) is 0.318. The predicted molar refractivity (Wildman–Crippen MR) is 114 cm³/mol. The molecule has 0 bridgehead atoms. The van der Waals surface area contributed by atoms with E-state index in [2.05, 4.69) is 12.2 Å². The van der Waals surface area contributed by atoms with Crippen LogP contribution in [0.15, 0.2) is 30.3 Å². The number of rotatable bonds is 8. The standard InChI is InChI=1S/C22H23ClN2O5/c1-4-6-9-30-19-17(23)10-13(11-18(19)29-5-2)20(26)24-14-7-8-15-16(12-14)22(28)25(3)21(15)27/h7-8,10-12H,4-6,9H2,1-3H3,(H,24,26). The zero-order valence-electron chi connectivity index (χ0n) is 17.1. The first-order valence-electron chi connectivity index (χ1n) is 9.74. The summed E-state index contributed by atoms with van der Waals surface area (Å²) >= 11 is 6.35. The van der Waals surface area contributed by atoms with Crippen LogP contribution in [0.3, 0.4) is 0 Å². The number of amides is 3. The smallest absolute Gasteiger partial charge is 0.261 e. The average molecular weight is 431 g/mol. The Balaban J connectivity index is 1.84. The van der Waals surface area contributed by atoms with Crippen LogP contribution in [0.4, 0.5) is 5.69 Å². The topological polar surface area (TPSA) is 84.9 Å². The van der Waals surface area contributed by atoms with E-state index in [0.717, 1.165) is 17.7 Å². The molecule has 0 fully saturated rings. The maximum Gasteiger partial charge on any atom is 0.261 e. The van der Waals surface area contributed by atoms with E-state index < -0.39 is 11.8 Å². The quantitative estimate of drug-likeness (QED) is 0.495. The Kier molecular flexibility index (Phi) is 6.62. The summed E-state index contributed by atoms with van der Waals surface area (Å²) in [5.41, 5.74) is 1.25. The number of carbonyl (C=O) groups excluding carboxylic acids is 3. The van der Waals surface area contributed by atoms with E-state index in [1.54, 1.807) is 12.1 Å². The number of fused-ring (bicyclic) bond motifs is 1.